The molecule has 2 fully saturated rings. The lowest BCUT2D eigenvalue weighted by Gasteiger charge is -2.44. The van der Waals surface area contributed by atoms with Gasteiger partial charge in [-0.25, -0.2) is 0 Å². The van der Waals surface area contributed by atoms with Gasteiger partial charge in [-0.1, -0.05) is 86.3 Å². The van der Waals surface area contributed by atoms with Gasteiger partial charge in [0.15, 0.2) is 0 Å². The fourth-order valence-electron chi connectivity index (χ4n) is 6.22. The molecule has 0 radical (unpaired) electrons. The summed E-state index contributed by atoms with van der Waals surface area (Å²) in [5.74, 6) is 0. The maximum Gasteiger partial charge on any atom is 0.146 e. The first-order valence-corrected chi connectivity index (χ1v) is 14.4. The molecule has 4 rings (SSSR count). The maximum absolute atomic E-state index is 6.63. The van der Waals surface area contributed by atoms with Crippen LogP contribution in [0.1, 0.15) is 62.5 Å². The minimum Gasteiger partial charge on any atom is -0.377 e. The van der Waals surface area contributed by atoms with Crippen molar-refractivity contribution in [2.45, 2.75) is 74.8 Å². The van der Waals surface area contributed by atoms with E-state index in [2.05, 4.69) is 48.5 Å². The molecule has 0 unspecified atom stereocenters. The van der Waals surface area contributed by atoms with E-state index in [9.17, 15) is 0 Å². The summed E-state index contributed by atoms with van der Waals surface area (Å²) in [5, 5.41) is 0. The van der Waals surface area contributed by atoms with Gasteiger partial charge in [-0.05, 0) is 36.8 Å². The Morgan fingerprint density at radius 3 is 1.44 bits per heavy atom. The molecular formula is C32H46O7. The van der Waals surface area contributed by atoms with Crippen LogP contribution in [0.3, 0.4) is 0 Å². The Labute approximate surface area is 234 Å². The summed E-state index contributed by atoms with van der Waals surface area (Å²) in [6.45, 7) is 2.44. The molecule has 7 nitrogen and oxygen atoms in total. The first-order valence-electron chi connectivity index (χ1n) is 14.4. The quantitative estimate of drug-likeness (QED) is 0.192. The van der Waals surface area contributed by atoms with Crippen molar-refractivity contribution in [3.05, 3.63) is 71.8 Å². The highest BCUT2D eigenvalue weighted by Gasteiger charge is 2.45. The van der Waals surface area contributed by atoms with E-state index < -0.39 is 11.2 Å². The van der Waals surface area contributed by atoms with Crippen LogP contribution in [0.4, 0.5) is 0 Å². The van der Waals surface area contributed by atoms with E-state index in [4.69, 9.17) is 33.2 Å². The Morgan fingerprint density at radius 2 is 1.03 bits per heavy atom. The largest absolute Gasteiger partial charge is 0.377 e. The Hall–Kier alpha value is -1.84. The van der Waals surface area contributed by atoms with E-state index in [1.54, 1.807) is 14.2 Å². The lowest BCUT2D eigenvalue weighted by Crippen LogP contribution is -2.47. The zero-order chi connectivity index (χ0) is 27.2. The predicted octanol–water partition coefficient (Wildman–Crippen LogP) is 5.95. The van der Waals surface area contributed by atoms with Gasteiger partial charge in [0.2, 0.25) is 0 Å². The highest BCUT2D eigenvalue weighted by Crippen LogP contribution is 2.43. The van der Waals surface area contributed by atoms with Gasteiger partial charge >= 0.3 is 0 Å². The summed E-state index contributed by atoms with van der Waals surface area (Å²) in [5.41, 5.74) is 1.31. The first-order chi connectivity index (χ1) is 19.2. The third-order valence-corrected chi connectivity index (χ3v) is 8.04. The van der Waals surface area contributed by atoms with Crippen molar-refractivity contribution >= 4 is 0 Å². The molecule has 4 atom stereocenters. The lowest BCUT2D eigenvalue weighted by molar-refractivity contribution is -0.210. The topological polar surface area (TPSA) is 64.6 Å². The zero-order valence-corrected chi connectivity index (χ0v) is 23.7. The SMILES string of the molecule is COCO[C@@H]1CCCC[C@@]1(OCCOCCO[C@@]1(c2ccccc2)CCCC[C@H]1OCOC)c1ccccc1. The van der Waals surface area contributed by atoms with E-state index >= 15 is 0 Å². The van der Waals surface area contributed by atoms with Crippen LogP contribution in [-0.2, 0) is 44.4 Å². The van der Waals surface area contributed by atoms with Gasteiger partial charge in [0, 0.05) is 14.2 Å². The summed E-state index contributed by atoms with van der Waals surface area (Å²) < 4.78 is 42.0. The molecule has 216 valence electrons. The molecule has 0 N–H and O–H groups in total. The maximum atomic E-state index is 6.63. The number of benzene rings is 2. The summed E-state index contributed by atoms with van der Waals surface area (Å²) in [7, 11) is 3.32. The second-order valence-corrected chi connectivity index (χ2v) is 10.4. The van der Waals surface area contributed by atoms with Crippen molar-refractivity contribution in [1.29, 1.82) is 0 Å². The smallest absolute Gasteiger partial charge is 0.146 e. The van der Waals surface area contributed by atoms with Crippen molar-refractivity contribution in [2.75, 3.05) is 54.2 Å². The summed E-state index contributed by atoms with van der Waals surface area (Å²) >= 11 is 0. The highest BCUT2D eigenvalue weighted by molar-refractivity contribution is 5.26. The standard InChI is InChI=1S/C32H46O7/c1-33-25-36-29-17-9-11-19-31(29,27-13-5-3-6-14-27)38-23-21-35-22-24-39-32(28-15-7-4-8-16-28)20-12-10-18-30(32)37-26-34-2/h3-8,13-16,29-30H,9-12,17-26H2,1-2H3/t29-,30-,31-,32-/m1/s1. The molecular weight excluding hydrogens is 496 g/mol. The normalized spacial score (nSPS) is 27.4. The Kier molecular flexibility index (Phi) is 12.2. The second-order valence-electron chi connectivity index (χ2n) is 10.4. The summed E-state index contributed by atoms with van der Waals surface area (Å²) in [4.78, 5) is 0. The number of methoxy groups -OCH3 is 2. The first kappa shape index (κ1) is 30.1. The zero-order valence-electron chi connectivity index (χ0n) is 23.7. The van der Waals surface area contributed by atoms with Crippen molar-refractivity contribution in [1.82, 2.24) is 0 Å². The molecule has 2 aliphatic carbocycles. The van der Waals surface area contributed by atoms with E-state index in [-0.39, 0.29) is 25.8 Å². The van der Waals surface area contributed by atoms with Crippen LogP contribution in [0.2, 0.25) is 0 Å². The van der Waals surface area contributed by atoms with Crippen LogP contribution in [0.25, 0.3) is 0 Å². The molecule has 2 aliphatic rings. The molecule has 2 aromatic carbocycles. The highest BCUT2D eigenvalue weighted by atomic mass is 16.7. The van der Waals surface area contributed by atoms with E-state index in [1.165, 1.54) is 0 Å². The molecule has 2 aromatic rings. The number of hydrogen-bond donors (Lipinski definition) is 0. The van der Waals surface area contributed by atoms with Gasteiger partial charge in [0.05, 0.1) is 38.6 Å². The van der Waals surface area contributed by atoms with Crippen LogP contribution in [0.15, 0.2) is 60.7 Å². The molecule has 0 aromatic heterocycles. The van der Waals surface area contributed by atoms with Crippen LogP contribution in [0.5, 0.6) is 0 Å². The molecule has 0 bridgehead atoms. The molecule has 0 spiro atoms. The summed E-state index contributed by atoms with van der Waals surface area (Å²) in [6.07, 6.45) is 8.05. The van der Waals surface area contributed by atoms with E-state index in [0.717, 1.165) is 62.5 Å². The van der Waals surface area contributed by atoms with Gasteiger partial charge in [-0.15, -0.1) is 0 Å². The lowest BCUT2D eigenvalue weighted by atomic mass is 9.77. The molecule has 0 saturated heterocycles. The Balaban J connectivity index is 1.33. The fourth-order valence-corrected chi connectivity index (χ4v) is 6.22. The van der Waals surface area contributed by atoms with Crippen molar-refractivity contribution in [3.63, 3.8) is 0 Å². The van der Waals surface area contributed by atoms with Gasteiger partial charge in [-0.3, -0.25) is 0 Å². The minimum atomic E-state index is -0.497. The van der Waals surface area contributed by atoms with Crippen molar-refractivity contribution in [2.24, 2.45) is 0 Å². The molecule has 7 heteroatoms. The molecule has 0 aliphatic heterocycles. The van der Waals surface area contributed by atoms with Crippen LogP contribution < -0.4 is 0 Å². The van der Waals surface area contributed by atoms with Gasteiger partial charge in [0.25, 0.3) is 0 Å². The second kappa shape index (κ2) is 15.8. The van der Waals surface area contributed by atoms with Crippen LogP contribution in [-0.4, -0.2) is 66.4 Å². The average molecular weight is 543 g/mol. The number of hydrogen-bond acceptors (Lipinski definition) is 7. The van der Waals surface area contributed by atoms with Crippen LogP contribution in [0, 0.1) is 0 Å². The minimum absolute atomic E-state index is 0.0574. The van der Waals surface area contributed by atoms with Crippen LogP contribution >= 0.6 is 0 Å². The summed E-state index contributed by atoms with van der Waals surface area (Å²) in [6, 6.07) is 20.9. The fraction of sp³-hybridized carbons (Fsp3) is 0.625. The van der Waals surface area contributed by atoms with Gasteiger partial charge in [-0.2, -0.15) is 0 Å². The third-order valence-electron chi connectivity index (χ3n) is 8.04. The van der Waals surface area contributed by atoms with Crippen molar-refractivity contribution in [3.8, 4) is 0 Å². The Morgan fingerprint density at radius 1 is 0.590 bits per heavy atom. The van der Waals surface area contributed by atoms with E-state index in [0.29, 0.717) is 26.4 Å². The molecule has 2 saturated carbocycles. The monoisotopic (exact) mass is 542 g/mol. The Bertz CT molecular complexity index is 851. The molecule has 0 heterocycles. The molecule has 39 heavy (non-hydrogen) atoms. The average Bonchev–Trinajstić information content (AvgIpc) is 3.00. The number of rotatable bonds is 16. The third kappa shape index (κ3) is 7.67. The van der Waals surface area contributed by atoms with E-state index in [1.807, 2.05) is 12.1 Å². The molecule has 0 amide bonds. The van der Waals surface area contributed by atoms with Gasteiger partial charge in [0.1, 0.15) is 24.8 Å². The number of ether oxygens (including phenoxy) is 7. The van der Waals surface area contributed by atoms with Gasteiger partial charge < -0.3 is 33.2 Å². The predicted molar refractivity (Wildman–Crippen MR) is 149 cm³/mol. The van der Waals surface area contributed by atoms with Crippen molar-refractivity contribution < 1.29 is 33.2 Å².